The quantitative estimate of drug-likeness (QED) is 0.236. The van der Waals surface area contributed by atoms with Gasteiger partial charge in [0.15, 0.2) is 10.5 Å². The first kappa shape index (κ1) is 15.9. The number of para-hydroxylation sites is 1. The molecule has 0 fully saturated rings. The molecule has 1 aliphatic rings. The van der Waals surface area contributed by atoms with Crippen molar-refractivity contribution in [2.75, 3.05) is 5.75 Å². The topological polar surface area (TPSA) is 16.8 Å². The van der Waals surface area contributed by atoms with Crippen molar-refractivity contribution in [2.45, 2.75) is 5.03 Å². The van der Waals surface area contributed by atoms with Crippen LogP contribution in [-0.4, -0.2) is 10.7 Å². The van der Waals surface area contributed by atoms with Gasteiger partial charge in [0.25, 0.3) is 6.33 Å². The fourth-order valence-electron chi connectivity index (χ4n) is 1.72. The van der Waals surface area contributed by atoms with Gasteiger partial charge in [0.1, 0.15) is 5.70 Å². The molecule has 0 atom stereocenters. The van der Waals surface area contributed by atoms with Gasteiger partial charge in [0, 0.05) is 4.08 Å². The molecule has 18 heavy (non-hydrogen) atoms. The van der Waals surface area contributed by atoms with Gasteiger partial charge in [-0.3, -0.25) is 0 Å². The van der Waals surface area contributed by atoms with Gasteiger partial charge >= 0.3 is 50.5 Å². The van der Waals surface area contributed by atoms with Crippen molar-refractivity contribution in [3.05, 3.63) is 34.7 Å². The Morgan fingerprint density at radius 3 is 2.78 bits per heavy atom. The molecule has 0 bridgehead atoms. The normalized spacial score (nSPS) is 15.6. The molecule has 0 saturated carbocycles. The van der Waals surface area contributed by atoms with Gasteiger partial charge in [0.05, 0.1) is 11.1 Å². The van der Waals surface area contributed by atoms with Crippen molar-refractivity contribution >= 4 is 88.2 Å². The monoisotopic (exact) mass is 708 g/mol. The van der Waals surface area contributed by atoms with Gasteiger partial charge in [-0.1, -0.05) is 23.9 Å². The molecule has 0 amide bonds. The first-order valence-electron chi connectivity index (χ1n) is 4.90. The maximum atomic E-state index is 4.46. The molecule has 1 aliphatic heterocycles. The van der Waals surface area contributed by atoms with E-state index in [4.69, 9.17) is 0 Å². The molecule has 7 heteroatoms. The Kier molecular flexibility index (Phi) is 7.20. The Morgan fingerprint density at radius 2 is 2.06 bits per heavy atom. The van der Waals surface area contributed by atoms with Crippen LogP contribution in [0.15, 0.2) is 39.7 Å². The van der Waals surface area contributed by atoms with E-state index < -0.39 is 0 Å². The molecular formula is C11H8I4N2S. The van der Waals surface area contributed by atoms with Gasteiger partial charge in [-0.15, -0.1) is 0 Å². The predicted octanol–water partition coefficient (Wildman–Crippen LogP) is 1.64. The summed E-state index contributed by atoms with van der Waals surface area (Å²) in [7, 11) is 0. The zero-order chi connectivity index (χ0) is 13.0. The summed E-state index contributed by atoms with van der Waals surface area (Å²) in [5, 5.41) is 2.56. The number of rotatable bonds is 0. The Hall–Kier alpha value is 1.57. The van der Waals surface area contributed by atoms with Crippen molar-refractivity contribution < 1.29 is 17.8 Å². The van der Waals surface area contributed by atoms with Crippen LogP contribution in [0.1, 0.15) is 0 Å². The predicted molar refractivity (Wildman–Crippen MR) is 99.0 cm³/mol. The van der Waals surface area contributed by atoms with Crippen LogP contribution < -0.4 is 17.8 Å². The Bertz CT molecular complexity index is 588. The number of hydrogen-bond donors (Lipinski definition) is 0. The third-order valence-corrected chi connectivity index (χ3v) is 4.31. The third kappa shape index (κ3) is 3.61. The summed E-state index contributed by atoms with van der Waals surface area (Å²) in [4.78, 5) is 4.46. The van der Waals surface area contributed by atoms with Gasteiger partial charge in [-0.2, -0.15) is 4.57 Å². The van der Waals surface area contributed by atoms with Gasteiger partial charge < -0.3 is 0 Å². The zero-order valence-electron chi connectivity index (χ0n) is 8.99. The molecular weight excluding hydrogens is 700 g/mol. The van der Waals surface area contributed by atoms with Gasteiger partial charge in [-0.05, 0) is 39.7 Å². The van der Waals surface area contributed by atoms with Gasteiger partial charge in [-0.25, -0.2) is 0 Å². The van der Waals surface area contributed by atoms with Crippen molar-refractivity contribution in [3.8, 4) is 0 Å². The molecule has 96 valence electrons. The van der Waals surface area contributed by atoms with E-state index in [2.05, 4.69) is 91.7 Å². The van der Waals surface area contributed by atoms with Crippen molar-refractivity contribution in [1.29, 1.82) is 0 Å². The van der Waals surface area contributed by atoms with Crippen LogP contribution in [0.4, 0.5) is 0 Å². The first-order valence-corrected chi connectivity index (χ1v) is 19.7. The summed E-state index contributed by atoms with van der Waals surface area (Å²) in [5.41, 5.74) is 2.39. The summed E-state index contributed by atoms with van der Waals surface area (Å²) in [6.07, 6.45) is 1.92. The molecule has 0 unspecified atom stereocenters. The SMILES string of the molecule is IC=C1CSc2c3ccccc3nc[n+]21.I[I-]I. The number of halogens is 4. The maximum absolute atomic E-state index is 4.46. The summed E-state index contributed by atoms with van der Waals surface area (Å²) < 4.78 is 4.30. The van der Waals surface area contributed by atoms with E-state index in [9.17, 15) is 0 Å². The van der Waals surface area contributed by atoms with Crippen LogP contribution in [-0.2, 0) is 0 Å². The van der Waals surface area contributed by atoms with Crippen LogP contribution in [0, 0.1) is 0 Å². The molecule has 2 aromatic rings. The number of benzene rings is 1. The van der Waals surface area contributed by atoms with Crippen molar-refractivity contribution in [1.82, 2.24) is 4.98 Å². The Balaban J connectivity index is 0.000000367. The number of nitrogens with zero attached hydrogens (tertiary/aromatic N) is 2. The standard InChI is InChI=1S/C11H8IN2S.I3/c12-5-8-6-15-11-9-3-1-2-4-10(9)13-7-14(8)11;1-3-2/h1-5,7H,6H2;/q+1;-1. The molecule has 0 spiro atoms. The second-order valence-corrected chi connectivity index (χ2v) is 21.2. The molecule has 3 rings (SSSR count). The minimum absolute atomic E-state index is 0.530. The third-order valence-electron chi connectivity index (χ3n) is 2.46. The van der Waals surface area contributed by atoms with Crippen LogP contribution >= 0.6 is 71.6 Å². The number of aromatic nitrogens is 2. The van der Waals surface area contributed by atoms with Crippen LogP contribution in [0.25, 0.3) is 16.6 Å². The zero-order valence-corrected chi connectivity index (χ0v) is 18.4. The molecule has 2 nitrogen and oxygen atoms in total. The van der Waals surface area contributed by atoms with E-state index in [0.29, 0.717) is 13.3 Å². The van der Waals surface area contributed by atoms with E-state index in [1.54, 1.807) is 0 Å². The average molecular weight is 708 g/mol. The summed E-state index contributed by atoms with van der Waals surface area (Å²) in [6, 6.07) is 8.29. The average Bonchev–Trinajstić information content (AvgIpc) is 2.83. The minimum atomic E-state index is 0.530. The second kappa shape index (κ2) is 8.12. The van der Waals surface area contributed by atoms with E-state index in [0.717, 1.165) is 11.3 Å². The van der Waals surface area contributed by atoms with E-state index in [1.807, 2.05) is 24.2 Å². The molecule has 1 aromatic heterocycles. The molecule has 0 radical (unpaired) electrons. The molecule has 0 aliphatic carbocycles. The van der Waals surface area contributed by atoms with Crippen molar-refractivity contribution in [3.63, 3.8) is 0 Å². The Morgan fingerprint density at radius 1 is 1.33 bits per heavy atom. The molecule has 0 N–H and O–H groups in total. The van der Waals surface area contributed by atoms with Crippen LogP contribution in [0.2, 0.25) is 0 Å². The van der Waals surface area contributed by atoms with E-state index in [-0.39, 0.29) is 0 Å². The van der Waals surface area contributed by atoms with Crippen molar-refractivity contribution in [2.24, 2.45) is 0 Å². The second-order valence-electron chi connectivity index (χ2n) is 3.38. The number of thioether (sulfide) groups is 1. The molecule has 0 saturated heterocycles. The summed E-state index contributed by atoms with van der Waals surface area (Å²) in [5.74, 6) is 1.04. The number of fused-ring (bicyclic) bond motifs is 3. The van der Waals surface area contributed by atoms with Gasteiger partial charge in [0.2, 0.25) is 0 Å². The fourth-order valence-corrected chi connectivity index (χ4v) is 3.67. The molecule has 1 aromatic carbocycles. The van der Waals surface area contributed by atoms with E-state index in [1.165, 1.54) is 16.1 Å². The molecule has 2 heterocycles. The van der Waals surface area contributed by atoms with Crippen LogP contribution in [0.3, 0.4) is 0 Å². The van der Waals surface area contributed by atoms with Crippen LogP contribution in [0.5, 0.6) is 0 Å². The summed E-state index contributed by atoms with van der Waals surface area (Å²) >= 11 is 9.47. The fraction of sp³-hybridized carbons (Fsp3) is 0.0909. The van der Waals surface area contributed by atoms with E-state index >= 15 is 0 Å². The first-order chi connectivity index (χ1) is 8.81. The number of hydrogen-bond acceptors (Lipinski definition) is 2. The summed E-state index contributed by atoms with van der Waals surface area (Å²) in [6.45, 7) is 0. The Labute approximate surface area is 154 Å².